The maximum atomic E-state index is 12.0. The van der Waals surface area contributed by atoms with Crippen LogP contribution in [0, 0.1) is 0 Å². The van der Waals surface area contributed by atoms with Gasteiger partial charge in [0.1, 0.15) is 5.60 Å². The lowest BCUT2D eigenvalue weighted by atomic mass is 9.90. The van der Waals surface area contributed by atoms with Gasteiger partial charge in [0.2, 0.25) is 0 Å². The van der Waals surface area contributed by atoms with Gasteiger partial charge < -0.3 is 10.1 Å². The fourth-order valence-corrected chi connectivity index (χ4v) is 3.98. The monoisotopic (exact) mass is 434 g/mol. The zero-order chi connectivity index (χ0) is 21.0. The predicted octanol–water partition coefficient (Wildman–Crippen LogP) is 5.49. The van der Waals surface area contributed by atoms with Crippen molar-refractivity contribution in [2.45, 2.75) is 51.8 Å². The molecule has 1 amide bonds. The van der Waals surface area contributed by atoms with Crippen molar-refractivity contribution >= 4 is 29.3 Å². The molecule has 1 aliphatic heterocycles. The minimum absolute atomic E-state index is 0.322. The van der Waals surface area contributed by atoms with Crippen LogP contribution >= 0.6 is 23.2 Å². The lowest BCUT2D eigenvalue weighted by molar-refractivity contribution is 0.0515. The average Bonchev–Trinajstić information content (AvgIpc) is 2.63. The van der Waals surface area contributed by atoms with Crippen molar-refractivity contribution in [1.82, 2.24) is 10.2 Å². The van der Waals surface area contributed by atoms with E-state index in [1.54, 1.807) is 0 Å². The molecule has 0 aliphatic carbocycles. The van der Waals surface area contributed by atoms with Crippen LogP contribution in [0.5, 0.6) is 0 Å². The maximum Gasteiger partial charge on any atom is 0.407 e. The Labute approximate surface area is 183 Å². The summed E-state index contributed by atoms with van der Waals surface area (Å²) >= 11 is 12.3. The van der Waals surface area contributed by atoms with Crippen LogP contribution in [0.25, 0.3) is 0 Å². The summed E-state index contributed by atoms with van der Waals surface area (Å²) in [5, 5.41) is 4.02. The summed E-state index contributed by atoms with van der Waals surface area (Å²) < 4.78 is 5.33. The van der Waals surface area contributed by atoms with Crippen LogP contribution in [0.15, 0.2) is 42.5 Å². The fourth-order valence-electron chi connectivity index (χ4n) is 3.66. The second-order valence-electron chi connectivity index (χ2n) is 8.48. The molecule has 1 N–H and O–H groups in total. The van der Waals surface area contributed by atoms with Crippen molar-refractivity contribution in [2.24, 2.45) is 0 Å². The standard InChI is InChI=1S/C23H28Cl2N2O2/c1-23(2,3)29-22(28)26-10-11-27-15-18-7-5-4-6-17(18)14-19(27)12-16-8-9-20(24)21(25)13-16/h4-9,13,19H,10-12,14-15H2,1-3H3,(H,26,28). The van der Waals surface area contributed by atoms with Gasteiger partial charge in [0.15, 0.2) is 0 Å². The Morgan fingerprint density at radius 1 is 1.14 bits per heavy atom. The van der Waals surface area contributed by atoms with E-state index in [9.17, 15) is 4.79 Å². The lowest BCUT2D eigenvalue weighted by Gasteiger charge is -2.37. The molecule has 29 heavy (non-hydrogen) atoms. The second kappa shape index (κ2) is 9.38. The van der Waals surface area contributed by atoms with Gasteiger partial charge in [-0.1, -0.05) is 53.5 Å². The van der Waals surface area contributed by atoms with E-state index >= 15 is 0 Å². The van der Waals surface area contributed by atoms with Crippen LogP contribution in [-0.2, 0) is 24.1 Å². The number of hydrogen-bond acceptors (Lipinski definition) is 3. The van der Waals surface area contributed by atoms with Crippen molar-refractivity contribution in [2.75, 3.05) is 13.1 Å². The van der Waals surface area contributed by atoms with Crippen molar-refractivity contribution in [1.29, 1.82) is 0 Å². The number of halogens is 2. The Balaban J connectivity index is 1.68. The summed E-state index contributed by atoms with van der Waals surface area (Å²) in [6.07, 6.45) is 1.46. The van der Waals surface area contributed by atoms with Crippen LogP contribution in [0.2, 0.25) is 10.0 Å². The number of carbonyl (C=O) groups excluding carboxylic acids is 1. The molecule has 0 saturated carbocycles. The topological polar surface area (TPSA) is 41.6 Å². The fraction of sp³-hybridized carbons (Fsp3) is 0.435. The number of hydrogen-bond donors (Lipinski definition) is 1. The molecule has 1 heterocycles. The van der Waals surface area contributed by atoms with Crippen molar-refractivity contribution in [3.8, 4) is 0 Å². The zero-order valence-electron chi connectivity index (χ0n) is 17.2. The number of amides is 1. The van der Waals surface area contributed by atoms with Crippen molar-refractivity contribution in [3.05, 3.63) is 69.2 Å². The Hall–Kier alpha value is -1.75. The number of rotatable bonds is 5. The summed E-state index contributed by atoms with van der Waals surface area (Å²) in [4.78, 5) is 14.4. The van der Waals surface area contributed by atoms with Crippen molar-refractivity contribution in [3.63, 3.8) is 0 Å². The van der Waals surface area contributed by atoms with Crippen LogP contribution in [0.4, 0.5) is 4.79 Å². The molecule has 1 atom stereocenters. The molecular formula is C23H28Cl2N2O2. The molecule has 2 aromatic rings. The van der Waals surface area contributed by atoms with Gasteiger partial charge in [0.25, 0.3) is 0 Å². The van der Waals surface area contributed by atoms with Gasteiger partial charge in [0.05, 0.1) is 10.0 Å². The highest BCUT2D eigenvalue weighted by Gasteiger charge is 2.26. The normalized spacial score (nSPS) is 16.9. The lowest BCUT2D eigenvalue weighted by Crippen LogP contribution is -2.46. The molecule has 0 radical (unpaired) electrons. The first-order chi connectivity index (χ1) is 13.7. The number of fused-ring (bicyclic) bond motifs is 1. The molecule has 0 aromatic heterocycles. The van der Waals surface area contributed by atoms with Gasteiger partial charge in [-0.25, -0.2) is 4.79 Å². The SMILES string of the molecule is CC(C)(C)OC(=O)NCCN1Cc2ccccc2CC1Cc1ccc(Cl)c(Cl)c1. The van der Waals surface area contributed by atoms with Gasteiger partial charge in [-0.3, -0.25) is 4.90 Å². The molecule has 6 heteroatoms. The minimum atomic E-state index is -0.496. The third-order valence-corrected chi connectivity index (χ3v) is 5.73. The smallest absolute Gasteiger partial charge is 0.407 e. The highest BCUT2D eigenvalue weighted by atomic mass is 35.5. The van der Waals surface area contributed by atoms with E-state index in [1.807, 2.05) is 39.0 Å². The first-order valence-corrected chi connectivity index (χ1v) is 10.7. The van der Waals surface area contributed by atoms with E-state index < -0.39 is 5.60 Å². The summed E-state index contributed by atoms with van der Waals surface area (Å²) in [7, 11) is 0. The quantitative estimate of drug-likeness (QED) is 0.676. The Morgan fingerprint density at radius 2 is 1.86 bits per heavy atom. The molecule has 1 unspecified atom stereocenters. The highest BCUT2D eigenvalue weighted by Crippen LogP contribution is 2.28. The average molecular weight is 435 g/mol. The second-order valence-corrected chi connectivity index (χ2v) is 9.29. The van der Waals surface area contributed by atoms with Gasteiger partial charge in [0, 0.05) is 25.7 Å². The van der Waals surface area contributed by atoms with E-state index in [2.05, 4.69) is 34.5 Å². The molecule has 4 nitrogen and oxygen atoms in total. The zero-order valence-corrected chi connectivity index (χ0v) is 18.7. The first-order valence-electron chi connectivity index (χ1n) is 9.93. The third kappa shape index (κ3) is 6.36. The summed E-state index contributed by atoms with van der Waals surface area (Å²) in [5.41, 5.74) is 3.39. The van der Waals surface area contributed by atoms with Gasteiger partial charge in [-0.15, -0.1) is 0 Å². The van der Waals surface area contributed by atoms with E-state index in [0.29, 0.717) is 22.6 Å². The van der Waals surface area contributed by atoms with Gasteiger partial charge in [-0.05, 0) is 62.4 Å². The molecular weight excluding hydrogens is 407 g/mol. The number of alkyl carbamates (subject to hydrolysis) is 1. The van der Waals surface area contributed by atoms with Gasteiger partial charge in [-0.2, -0.15) is 0 Å². The minimum Gasteiger partial charge on any atom is -0.444 e. The first kappa shape index (κ1) is 21.9. The largest absolute Gasteiger partial charge is 0.444 e. The molecule has 156 valence electrons. The van der Waals surface area contributed by atoms with E-state index in [0.717, 1.165) is 31.5 Å². The Morgan fingerprint density at radius 3 is 2.55 bits per heavy atom. The molecule has 2 aromatic carbocycles. The van der Waals surface area contributed by atoms with Gasteiger partial charge >= 0.3 is 6.09 Å². The molecule has 0 bridgehead atoms. The third-order valence-electron chi connectivity index (χ3n) is 4.99. The Bertz CT molecular complexity index is 864. The number of benzene rings is 2. The van der Waals surface area contributed by atoms with E-state index in [4.69, 9.17) is 27.9 Å². The summed E-state index contributed by atoms with van der Waals surface area (Å²) in [6, 6.07) is 14.7. The maximum absolute atomic E-state index is 12.0. The molecule has 3 rings (SSSR count). The highest BCUT2D eigenvalue weighted by molar-refractivity contribution is 6.42. The van der Waals surface area contributed by atoms with Crippen molar-refractivity contribution < 1.29 is 9.53 Å². The number of ether oxygens (including phenoxy) is 1. The van der Waals surface area contributed by atoms with Crippen LogP contribution < -0.4 is 5.32 Å². The number of nitrogens with zero attached hydrogens (tertiary/aromatic N) is 1. The molecule has 0 spiro atoms. The molecule has 0 saturated heterocycles. The molecule has 0 fully saturated rings. The van der Waals surface area contributed by atoms with Crippen LogP contribution in [-0.4, -0.2) is 35.7 Å². The van der Waals surface area contributed by atoms with E-state index in [1.165, 1.54) is 11.1 Å². The Kier molecular flexibility index (Phi) is 7.10. The van der Waals surface area contributed by atoms with Crippen LogP contribution in [0.1, 0.15) is 37.5 Å². The summed E-state index contributed by atoms with van der Waals surface area (Å²) in [6.45, 7) is 7.73. The number of nitrogens with one attached hydrogen (secondary N) is 1. The summed E-state index contributed by atoms with van der Waals surface area (Å²) in [5.74, 6) is 0. The number of carbonyl (C=O) groups is 1. The predicted molar refractivity (Wildman–Crippen MR) is 119 cm³/mol. The molecule has 1 aliphatic rings. The van der Waals surface area contributed by atoms with E-state index in [-0.39, 0.29) is 6.09 Å². The van der Waals surface area contributed by atoms with Crippen LogP contribution in [0.3, 0.4) is 0 Å².